The summed E-state index contributed by atoms with van der Waals surface area (Å²) in [4.78, 5) is 0.406. The number of rotatable bonds is 5. The van der Waals surface area contributed by atoms with Crippen LogP contribution in [0.25, 0.3) is 0 Å². The molecule has 5 heteroatoms. The van der Waals surface area contributed by atoms with Gasteiger partial charge in [0, 0.05) is 13.1 Å². The fraction of sp³-hybridized carbons (Fsp3) is 0.600. The van der Waals surface area contributed by atoms with E-state index in [1.165, 1.54) is 0 Å². The van der Waals surface area contributed by atoms with E-state index in [0.29, 0.717) is 18.0 Å². The van der Waals surface area contributed by atoms with Gasteiger partial charge in [-0.1, -0.05) is 26.0 Å². The van der Waals surface area contributed by atoms with Crippen LogP contribution in [-0.2, 0) is 16.4 Å². The van der Waals surface area contributed by atoms with Crippen molar-refractivity contribution in [3.05, 3.63) is 29.8 Å². The SMILES string of the molecule is CNCCc1ccc(S(=O)(=O)N2CCC(C)(C)C2)cc1. The van der Waals surface area contributed by atoms with Gasteiger partial charge in [0.25, 0.3) is 0 Å². The Kier molecular flexibility index (Phi) is 4.52. The summed E-state index contributed by atoms with van der Waals surface area (Å²) in [5.41, 5.74) is 1.24. The summed E-state index contributed by atoms with van der Waals surface area (Å²) in [7, 11) is -1.42. The minimum atomic E-state index is -3.33. The van der Waals surface area contributed by atoms with Gasteiger partial charge in [-0.2, -0.15) is 4.31 Å². The number of benzene rings is 1. The molecule has 0 radical (unpaired) electrons. The second kappa shape index (κ2) is 5.84. The van der Waals surface area contributed by atoms with Crippen LogP contribution in [0.4, 0.5) is 0 Å². The third-order valence-corrected chi connectivity index (χ3v) is 5.73. The normalized spacial score (nSPS) is 19.4. The van der Waals surface area contributed by atoms with Crippen LogP contribution >= 0.6 is 0 Å². The quantitative estimate of drug-likeness (QED) is 0.902. The van der Waals surface area contributed by atoms with E-state index in [1.54, 1.807) is 16.4 Å². The molecule has 1 heterocycles. The van der Waals surface area contributed by atoms with E-state index in [2.05, 4.69) is 19.2 Å². The Morgan fingerprint density at radius 3 is 2.40 bits per heavy atom. The molecule has 1 aliphatic heterocycles. The van der Waals surface area contributed by atoms with Crippen molar-refractivity contribution < 1.29 is 8.42 Å². The van der Waals surface area contributed by atoms with Gasteiger partial charge in [-0.25, -0.2) is 8.42 Å². The molecular weight excluding hydrogens is 272 g/mol. The molecule has 0 spiro atoms. The zero-order valence-electron chi connectivity index (χ0n) is 12.5. The number of hydrogen-bond donors (Lipinski definition) is 1. The highest BCUT2D eigenvalue weighted by atomic mass is 32.2. The zero-order valence-corrected chi connectivity index (χ0v) is 13.3. The molecule has 0 unspecified atom stereocenters. The van der Waals surface area contributed by atoms with Gasteiger partial charge in [-0.3, -0.25) is 0 Å². The maximum Gasteiger partial charge on any atom is 0.243 e. The van der Waals surface area contributed by atoms with E-state index >= 15 is 0 Å². The third kappa shape index (κ3) is 3.40. The lowest BCUT2D eigenvalue weighted by Gasteiger charge is -2.19. The molecule has 0 atom stereocenters. The van der Waals surface area contributed by atoms with Crippen molar-refractivity contribution in [2.24, 2.45) is 5.41 Å². The molecule has 20 heavy (non-hydrogen) atoms. The molecule has 4 nitrogen and oxygen atoms in total. The largest absolute Gasteiger partial charge is 0.319 e. The van der Waals surface area contributed by atoms with Crippen molar-refractivity contribution in [1.29, 1.82) is 0 Å². The van der Waals surface area contributed by atoms with E-state index in [9.17, 15) is 8.42 Å². The maximum absolute atomic E-state index is 12.6. The third-order valence-electron chi connectivity index (χ3n) is 3.87. The Hall–Kier alpha value is -0.910. The molecule has 0 aromatic heterocycles. The van der Waals surface area contributed by atoms with Crippen LogP contribution in [-0.4, -0.2) is 39.4 Å². The average Bonchev–Trinajstić information content (AvgIpc) is 2.78. The van der Waals surface area contributed by atoms with E-state index < -0.39 is 10.0 Å². The first kappa shape index (κ1) is 15.5. The minimum Gasteiger partial charge on any atom is -0.319 e. The molecular formula is C15H24N2O2S. The molecule has 1 aromatic rings. The van der Waals surface area contributed by atoms with Gasteiger partial charge in [0.1, 0.15) is 0 Å². The van der Waals surface area contributed by atoms with E-state index in [4.69, 9.17) is 0 Å². The number of sulfonamides is 1. The van der Waals surface area contributed by atoms with Crippen LogP contribution in [0, 0.1) is 5.41 Å². The van der Waals surface area contributed by atoms with E-state index in [-0.39, 0.29) is 5.41 Å². The number of nitrogens with zero attached hydrogens (tertiary/aromatic N) is 1. The Bertz CT molecular complexity index is 550. The highest BCUT2D eigenvalue weighted by Gasteiger charge is 2.36. The van der Waals surface area contributed by atoms with Crippen LogP contribution in [0.1, 0.15) is 25.8 Å². The average molecular weight is 296 g/mol. The number of nitrogens with one attached hydrogen (secondary N) is 1. The minimum absolute atomic E-state index is 0.0831. The summed E-state index contributed by atoms with van der Waals surface area (Å²) in [5, 5.41) is 3.09. The highest BCUT2D eigenvalue weighted by Crippen LogP contribution is 2.32. The molecule has 1 saturated heterocycles. The Morgan fingerprint density at radius 2 is 1.90 bits per heavy atom. The molecule has 1 fully saturated rings. The number of likely N-dealkylation sites (N-methyl/N-ethyl adjacent to an activating group) is 1. The molecule has 1 aliphatic rings. The molecule has 0 saturated carbocycles. The molecule has 1 aromatic carbocycles. The van der Waals surface area contributed by atoms with Gasteiger partial charge in [0.2, 0.25) is 10.0 Å². The summed E-state index contributed by atoms with van der Waals surface area (Å²) < 4.78 is 26.7. The predicted octanol–water partition coefficient (Wildman–Crippen LogP) is 1.87. The summed E-state index contributed by atoms with van der Waals surface area (Å²) in [6.45, 7) is 6.35. The van der Waals surface area contributed by atoms with Crippen molar-refractivity contribution in [3.8, 4) is 0 Å². The second-order valence-corrected chi connectivity index (χ2v) is 8.19. The molecule has 0 amide bonds. The van der Waals surface area contributed by atoms with Gasteiger partial charge >= 0.3 is 0 Å². The maximum atomic E-state index is 12.6. The van der Waals surface area contributed by atoms with Crippen molar-refractivity contribution in [2.75, 3.05) is 26.7 Å². The van der Waals surface area contributed by atoms with Gasteiger partial charge in [0.05, 0.1) is 4.90 Å². The monoisotopic (exact) mass is 296 g/mol. The molecule has 1 N–H and O–H groups in total. The fourth-order valence-electron chi connectivity index (χ4n) is 2.51. The lowest BCUT2D eigenvalue weighted by molar-refractivity contribution is 0.375. The van der Waals surface area contributed by atoms with Crippen LogP contribution in [0.3, 0.4) is 0 Å². The standard InChI is InChI=1S/C15H24N2O2S/c1-15(2)9-11-17(12-15)20(18,19)14-6-4-13(5-7-14)8-10-16-3/h4-7,16H,8-12H2,1-3H3. The smallest absolute Gasteiger partial charge is 0.243 e. The van der Waals surface area contributed by atoms with Gasteiger partial charge in [-0.15, -0.1) is 0 Å². The van der Waals surface area contributed by atoms with Crippen LogP contribution < -0.4 is 5.32 Å². The Balaban J connectivity index is 2.14. The van der Waals surface area contributed by atoms with Crippen LogP contribution in [0.15, 0.2) is 29.2 Å². The molecule has 0 bridgehead atoms. The molecule has 2 rings (SSSR count). The summed E-state index contributed by atoms with van der Waals surface area (Å²) >= 11 is 0. The predicted molar refractivity (Wildman–Crippen MR) is 81.2 cm³/mol. The Morgan fingerprint density at radius 1 is 1.25 bits per heavy atom. The van der Waals surface area contributed by atoms with Crippen molar-refractivity contribution in [3.63, 3.8) is 0 Å². The van der Waals surface area contributed by atoms with Crippen molar-refractivity contribution in [1.82, 2.24) is 9.62 Å². The molecule has 112 valence electrons. The van der Waals surface area contributed by atoms with Crippen molar-refractivity contribution in [2.45, 2.75) is 31.6 Å². The van der Waals surface area contributed by atoms with Crippen molar-refractivity contribution >= 4 is 10.0 Å². The fourth-order valence-corrected chi connectivity index (χ4v) is 4.14. The van der Waals surface area contributed by atoms with E-state index in [0.717, 1.165) is 24.9 Å². The first-order chi connectivity index (χ1) is 9.35. The lowest BCUT2D eigenvalue weighted by Crippen LogP contribution is -2.30. The summed E-state index contributed by atoms with van der Waals surface area (Å²) in [6.07, 6.45) is 1.83. The second-order valence-electron chi connectivity index (χ2n) is 6.25. The van der Waals surface area contributed by atoms with Crippen LogP contribution in [0.2, 0.25) is 0 Å². The van der Waals surface area contributed by atoms with Gasteiger partial charge in [0.15, 0.2) is 0 Å². The topological polar surface area (TPSA) is 49.4 Å². The van der Waals surface area contributed by atoms with Crippen LogP contribution in [0.5, 0.6) is 0 Å². The first-order valence-electron chi connectivity index (χ1n) is 7.09. The van der Waals surface area contributed by atoms with Gasteiger partial charge < -0.3 is 5.32 Å². The highest BCUT2D eigenvalue weighted by molar-refractivity contribution is 7.89. The van der Waals surface area contributed by atoms with E-state index in [1.807, 2.05) is 19.2 Å². The van der Waals surface area contributed by atoms with Gasteiger partial charge in [-0.05, 0) is 49.5 Å². The first-order valence-corrected chi connectivity index (χ1v) is 8.53. The summed E-state index contributed by atoms with van der Waals surface area (Å²) in [6, 6.07) is 7.27. The zero-order chi connectivity index (χ0) is 14.8. The summed E-state index contributed by atoms with van der Waals surface area (Å²) in [5.74, 6) is 0. The lowest BCUT2D eigenvalue weighted by atomic mass is 9.93. The Labute approximate surface area is 122 Å². The molecule has 0 aliphatic carbocycles. The number of hydrogen-bond acceptors (Lipinski definition) is 3.